The lowest BCUT2D eigenvalue weighted by atomic mass is 10.0. The van der Waals surface area contributed by atoms with E-state index < -0.39 is 0 Å². The van der Waals surface area contributed by atoms with Crippen LogP contribution in [0.15, 0.2) is 0 Å². The van der Waals surface area contributed by atoms with Gasteiger partial charge in [-0.15, -0.1) is 0 Å². The summed E-state index contributed by atoms with van der Waals surface area (Å²) in [6, 6.07) is 0.726. The summed E-state index contributed by atoms with van der Waals surface area (Å²) in [5.41, 5.74) is -0.0232. The topological polar surface area (TPSA) is 23.6 Å². The highest BCUT2D eigenvalue weighted by atomic mass is 16.2. The molecule has 2 aliphatic heterocycles. The Labute approximate surface area is 86.1 Å². The van der Waals surface area contributed by atoms with Crippen LogP contribution in [0.3, 0.4) is 0 Å². The second-order valence-corrected chi connectivity index (χ2v) is 5.71. The molecule has 0 aliphatic carbocycles. The van der Waals surface area contributed by atoms with Crippen molar-refractivity contribution in [2.75, 3.05) is 13.1 Å². The lowest BCUT2D eigenvalue weighted by Gasteiger charge is -2.31. The van der Waals surface area contributed by atoms with Gasteiger partial charge in [0, 0.05) is 18.6 Å². The third-order valence-electron chi connectivity index (χ3n) is 3.30. The minimum Gasteiger partial charge on any atom is -0.320 e. The molecule has 80 valence electrons. The van der Waals surface area contributed by atoms with Crippen molar-refractivity contribution >= 4 is 6.03 Å². The number of amides is 2. The molecule has 0 N–H and O–H groups in total. The Hall–Kier alpha value is -0.730. The number of fused-ring (bicyclic) bond motifs is 1. The van der Waals surface area contributed by atoms with E-state index >= 15 is 0 Å². The molecule has 2 unspecified atom stereocenters. The van der Waals surface area contributed by atoms with E-state index in [0.29, 0.717) is 12.0 Å². The summed E-state index contributed by atoms with van der Waals surface area (Å²) in [7, 11) is 0. The Kier molecular flexibility index (Phi) is 2.02. The molecule has 3 nitrogen and oxygen atoms in total. The highest BCUT2D eigenvalue weighted by Gasteiger charge is 2.45. The minimum atomic E-state index is -0.0232. The Balaban J connectivity index is 2.13. The summed E-state index contributed by atoms with van der Waals surface area (Å²) in [5, 5.41) is 0. The van der Waals surface area contributed by atoms with Crippen molar-refractivity contribution in [3.63, 3.8) is 0 Å². The van der Waals surface area contributed by atoms with Crippen molar-refractivity contribution in [3.05, 3.63) is 0 Å². The predicted octanol–water partition coefficient (Wildman–Crippen LogP) is 1.93. The van der Waals surface area contributed by atoms with Crippen molar-refractivity contribution in [2.24, 2.45) is 5.92 Å². The summed E-state index contributed by atoms with van der Waals surface area (Å²) < 4.78 is 0. The molecule has 3 heteroatoms. The molecular weight excluding hydrogens is 176 g/mol. The molecule has 2 rings (SSSR count). The van der Waals surface area contributed by atoms with Gasteiger partial charge in [0.05, 0.1) is 6.04 Å². The number of carbonyl (C=O) groups is 1. The first-order valence-corrected chi connectivity index (χ1v) is 5.48. The molecule has 0 saturated carbocycles. The van der Waals surface area contributed by atoms with Gasteiger partial charge >= 0.3 is 6.03 Å². The molecular formula is C11H20N2O. The molecule has 0 aromatic heterocycles. The third-order valence-corrected chi connectivity index (χ3v) is 3.30. The number of carbonyl (C=O) groups excluding carboxylic acids is 1. The average molecular weight is 196 g/mol. The van der Waals surface area contributed by atoms with Crippen LogP contribution in [0.25, 0.3) is 0 Å². The molecule has 0 spiro atoms. The minimum absolute atomic E-state index is 0.0232. The van der Waals surface area contributed by atoms with Gasteiger partial charge in [-0.05, 0) is 33.1 Å². The number of hydrogen-bond donors (Lipinski definition) is 0. The third kappa shape index (κ3) is 1.39. The van der Waals surface area contributed by atoms with Crippen molar-refractivity contribution in [3.8, 4) is 0 Å². The zero-order chi connectivity index (χ0) is 10.5. The van der Waals surface area contributed by atoms with E-state index in [0.717, 1.165) is 13.1 Å². The fourth-order valence-corrected chi connectivity index (χ4v) is 2.56. The maximum atomic E-state index is 12.0. The van der Waals surface area contributed by atoms with Crippen LogP contribution in [-0.4, -0.2) is 40.5 Å². The first-order valence-electron chi connectivity index (χ1n) is 5.48. The molecule has 2 fully saturated rings. The summed E-state index contributed by atoms with van der Waals surface area (Å²) >= 11 is 0. The van der Waals surface area contributed by atoms with Crippen molar-refractivity contribution in [2.45, 2.75) is 45.7 Å². The zero-order valence-corrected chi connectivity index (χ0v) is 9.58. The quantitative estimate of drug-likeness (QED) is 0.580. The zero-order valence-electron chi connectivity index (χ0n) is 9.58. The molecule has 2 amide bonds. The molecule has 2 aliphatic rings. The Morgan fingerprint density at radius 2 is 1.93 bits per heavy atom. The van der Waals surface area contributed by atoms with Crippen LogP contribution in [0.2, 0.25) is 0 Å². The molecule has 0 bridgehead atoms. The molecule has 2 heterocycles. The van der Waals surface area contributed by atoms with E-state index in [-0.39, 0.29) is 11.6 Å². The summed E-state index contributed by atoms with van der Waals surface area (Å²) in [6.07, 6.45) is 1.18. The number of rotatable bonds is 0. The van der Waals surface area contributed by atoms with E-state index in [9.17, 15) is 4.79 Å². The van der Waals surface area contributed by atoms with Gasteiger partial charge in [0.1, 0.15) is 0 Å². The summed E-state index contributed by atoms with van der Waals surface area (Å²) in [4.78, 5) is 16.1. The van der Waals surface area contributed by atoms with Crippen LogP contribution in [0.4, 0.5) is 4.79 Å². The van der Waals surface area contributed by atoms with Gasteiger partial charge in [-0.1, -0.05) is 6.92 Å². The molecule has 0 aromatic carbocycles. The molecule has 14 heavy (non-hydrogen) atoms. The molecule has 0 radical (unpaired) electrons. The van der Waals surface area contributed by atoms with Gasteiger partial charge in [0.2, 0.25) is 0 Å². The fourth-order valence-electron chi connectivity index (χ4n) is 2.56. The van der Waals surface area contributed by atoms with Crippen molar-refractivity contribution in [1.82, 2.24) is 9.80 Å². The summed E-state index contributed by atoms with van der Waals surface area (Å²) in [6.45, 7) is 10.4. The van der Waals surface area contributed by atoms with E-state index in [4.69, 9.17) is 0 Å². The predicted molar refractivity (Wildman–Crippen MR) is 56.1 cm³/mol. The maximum absolute atomic E-state index is 12.0. The Morgan fingerprint density at radius 3 is 2.43 bits per heavy atom. The van der Waals surface area contributed by atoms with Gasteiger partial charge in [-0.3, -0.25) is 0 Å². The van der Waals surface area contributed by atoms with E-state index in [2.05, 4.69) is 32.6 Å². The van der Waals surface area contributed by atoms with Gasteiger partial charge in [0.15, 0.2) is 0 Å². The van der Waals surface area contributed by atoms with Gasteiger partial charge in [-0.2, -0.15) is 0 Å². The van der Waals surface area contributed by atoms with E-state index in [1.54, 1.807) is 0 Å². The number of hydrogen-bond acceptors (Lipinski definition) is 1. The average Bonchev–Trinajstić information content (AvgIpc) is 2.49. The molecule has 0 aromatic rings. The first-order chi connectivity index (χ1) is 6.39. The lowest BCUT2D eigenvalue weighted by molar-refractivity contribution is 0.154. The lowest BCUT2D eigenvalue weighted by Crippen LogP contribution is -2.44. The summed E-state index contributed by atoms with van der Waals surface area (Å²) in [5.74, 6) is 0.686. The first kappa shape index (κ1) is 9.81. The van der Waals surface area contributed by atoms with Crippen molar-refractivity contribution < 1.29 is 4.79 Å². The van der Waals surface area contributed by atoms with Crippen molar-refractivity contribution in [1.29, 1.82) is 0 Å². The smallest absolute Gasteiger partial charge is 0.320 e. The second-order valence-electron chi connectivity index (χ2n) is 5.71. The van der Waals surface area contributed by atoms with Gasteiger partial charge in [-0.25, -0.2) is 4.79 Å². The second kappa shape index (κ2) is 2.88. The largest absolute Gasteiger partial charge is 0.320 e. The van der Waals surface area contributed by atoms with Crippen LogP contribution in [0.5, 0.6) is 0 Å². The van der Waals surface area contributed by atoms with Gasteiger partial charge in [0.25, 0.3) is 0 Å². The van der Waals surface area contributed by atoms with E-state index in [1.165, 1.54) is 6.42 Å². The SMILES string of the molecule is CC1CC2CN(C(C)(C)C)C(=O)N2C1. The number of urea groups is 1. The molecule has 2 atom stereocenters. The van der Waals surface area contributed by atoms with Crippen LogP contribution in [0.1, 0.15) is 34.1 Å². The Bertz CT molecular complexity index is 257. The standard InChI is InChI=1S/C11H20N2O/c1-8-5-9-7-13(11(2,3)4)10(14)12(9)6-8/h8-9H,5-7H2,1-4H3. The van der Waals surface area contributed by atoms with Gasteiger partial charge < -0.3 is 9.80 Å². The monoisotopic (exact) mass is 196 g/mol. The van der Waals surface area contributed by atoms with Crippen LogP contribution < -0.4 is 0 Å². The normalized spacial score (nSPS) is 32.7. The highest BCUT2D eigenvalue weighted by Crippen LogP contribution is 2.33. The van der Waals surface area contributed by atoms with Crippen LogP contribution in [-0.2, 0) is 0 Å². The number of nitrogens with zero attached hydrogens (tertiary/aromatic N) is 2. The van der Waals surface area contributed by atoms with Crippen LogP contribution in [0, 0.1) is 5.92 Å². The maximum Gasteiger partial charge on any atom is 0.320 e. The highest BCUT2D eigenvalue weighted by molar-refractivity contribution is 5.78. The van der Waals surface area contributed by atoms with Crippen LogP contribution >= 0.6 is 0 Å². The molecule has 2 saturated heterocycles. The fraction of sp³-hybridized carbons (Fsp3) is 0.909. The Morgan fingerprint density at radius 1 is 1.29 bits per heavy atom. The van der Waals surface area contributed by atoms with E-state index in [1.807, 2.05) is 4.90 Å².